The van der Waals surface area contributed by atoms with Crippen molar-refractivity contribution in [3.63, 3.8) is 0 Å². The van der Waals surface area contributed by atoms with Crippen molar-refractivity contribution < 1.29 is 14.7 Å². The number of fused-ring (bicyclic) bond motifs is 1. The van der Waals surface area contributed by atoms with Gasteiger partial charge in [-0.1, -0.05) is 41.9 Å². The smallest absolute Gasteiger partial charge is 0.273 e. The number of hydrogen-bond acceptors (Lipinski definition) is 3. The molecule has 1 atom stereocenters. The van der Waals surface area contributed by atoms with E-state index < -0.39 is 17.4 Å². The molecule has 0 aliphatic carbocycles. The first-order valence-corrected chi connectivity index (χ1v) is 9.08. The number of likely N-dealkylation sites (N-methyl/N-ethyl adjacent to an activating group) is 2. The van der Waals surface area contributed by atoms with Gasteiger partial charge in [-0.2, -0.15) is 0 Å². The summed E-state index contributed by atoms with van der Waals surface area (Å²) >= 11 is 6.38. The number of anilines is 2. The first kappa shape index (κ1) is 19.1. The van der Waals surface area contributed by atoms with E-state index in [0.717, 1.165) is 0 Å². The highest BCUT2D eigenvalue weighted by atomic mass is 35.5. The summed E-state index contributed by atoms with van der Waals surface area (Å²) < 4.78 is 0. The second-order valence-electron chi connectivity index (χ2n) is 6.30. The quantitative estimate of drug-likeness (QED) is 0.824. The van der Waals surface area contributed by atoms with Gasteiger partial charge in [0, 0.05) is 30.4 Å². The third kappa shape index (κ3) is 2.83. The minimum Gasteiger partial charge on any atom is -0.368 e. The standard InChI is InChI=1S/C21H21ClN2O3/c1-4-15-18-16(22)12-9-13-17(18)23(3)19(25)21(15,27)20(26)24(5-2)14-10-7-6-8-11-14/h4,6-13,27H,5H2,1-3H3. The molecule has 27 heavy (non-hydrogen) atoms. The predicted molar refractivity (Wildman–Crippen MR) is 108 cm³/mol. The maximum Gasteiger partial charge on any atom is 0.273 e. The van der Waals surface area contributed by atoms with Crippen LogP contribution in [0.4, 0.5) is 11.4 Å². The molecule has 1 heterocycles. The van der Waals surface area contributed by atoms with Gasteiger partial charge >= 0.3 is 0 Å². The molecule has 0 saturated heterocycles. The Morgan fingerprint density at radius 2 is 1.89 bits per heavy atom. The first-order chi connectivity index (χ1) is 12.9. The fourth-order valence-corrected chi connectivity index (χ4v) is 3.79. The van der Waals surface area contributed by atoms with E-state index in [0.29, 0.717) is 28.5 Å². The maximum absolute atomic E-state index is 13.4. The van der Waals surface area contributed by atoms with Gasteiger partial charge in [0.15, 0.2) is 0 Å². The van der Waals surface area contributed by atoms with Gasteiger partial charge in [0.2, 0.25) is 5.60 Å². The number of aliphatic hydroxyl groups is 1. The van der Waals surface area contributed by atoms with E-state index in [9.17, 15) is 14.7 Å². The summed E-state index contributed by atoms with van der Waals surface area (Å²) in [5.74, 6) is -1.41. The normalized spacial score (nSPS) is 20.6. The molecule has 1 N–H and O–H groups in total. The zero-order valence-corrected chi connectivity index (χ0v) is 16.2. The lowest BCUT2D eigenvalue weighted by atomic mass is 9.80. The first-order valence-electron chi connectivity index (χ1n) is 8.71. The number of carbonyl (C=O) groups excluding carboxylic acids is 2. The fraction of sp³-hybridized carbons (Fsp3) is 0.238. The van der Waals surface area contributed by atoms with Gasteiger partial charge in [-0.05, 0) is 38.1 Å². The Morgan fingerprint density at radius 1 is 1.22 bits per heavy atom. The number of amides is 2. The van der Waals surface area contributed by atoms with E-state index in [1.54, 1.807) is 62.4 Å². The molecule has 3 rings (SSSR count). The Hall–Kier alpha value is -2.63. The molecule has 140 valence electrons. The summed E-state index contributed by atoms with van der Waals surface area (Å²) in [6.45, 7) is 3.77. The van der Waals surface area contributed by atoms with Crippen LogP contribution in [0.2, 0.25) is 5.02 Å². The zero-order chi connectivity index (χ0) is 19.8. The van der Waals surface area contributed by atoms with Gasteiger partial charge in [0.05, 0.1) is 10.7 Å². The SMILES string of the molecule is CC=C1c2c(Cl)cccc2N(C)C(=O)C1(O)C(=O)N(CC)c1ccccc1. The van der Waals surface area contributed by atoms with E-state index in [-0.39, 0.29) is 5.57 Å². The molecule has 0 fully saturated rings. The Labute approximate surface area is 163 Å². The van der Waals surface area contributed by atoms with Crippen LogP contribution < -0.4 is 9.80 Å². The number of nitrogens with zero attached hydrogens (tertiary/aromatic N) is 2. The van der Waals surface area contributed by atoms with Crippen molar-refractivity contribution in [2.45, 2.75) is 19.4 Å². The Bertz CT molecular complexity index is 926. The molecule has 1 aliphatic heterocycles. The van der Waals surface area contributed by atoms with E-state index in [2.05, 4.69) is 0 Å². The van der Waals surface area contributed by atoms with E-state index >= 15 is 0 Å². The summed E-state index contributed by atoms with van der Waals surface area (Å²) in [5.41, 5.74) is -0.502. The lowest BCUT2D eigenvalue weighted by molar-refractivity contribution is -0.144. The van der Waals surface area contributed by atoms with Gasteiger partial charge in [-0.3, -0.25) is 9.59 Å². The summed E-state index contributed by atoms with van der Waals surface area (Å²) in [6.07, 6.45) is 1.58. The molecule has 0 bridgehead atoms. The number of benzene rings is 2. The lowest BCUT2D eigenvalue weighted by Gasteiger charge is -2.41. The summed E-state index contributed by atoms with van der Waals surface area (Å²) in [7, 11) is 1.53. The van der Waals surface area contributed by atoms with Crippen LogP contribution in [0.3, 0.4) is 0 Å². The number of para-hydroxylation sites is 1. The average molecular weight is 385 g/mol. The molecule has 1 aliphatic rings. The van der Waals surface area contributed by atoms with Crippen LogP contribution in [0.25, 0.3) is 5.57 Å². The Kier molecular flexibility index (Phi) is 5.09. The van der Waals surface area contributed by atoms with Crippen LogP contribution in [-0.2, 0) is 9.59 Å². The fourth-order valence-electron chi connectivity index (χ4n) is 3.51. The maximum atomic E-state index is 13.4. The number of rotatable bonds is 3. The van der Waals surface area contributed by atoms with Crippen LogP contribution in [0.5, 0.6) is 0 Å². The molecule has 0 saturated carbocycles. The summed E-state index contributed by atoms with van der Waals surface area (Å²) in [5, 5.41) is 11.8. The minimum atomic E-state index is -2.35. The van der Waals surface area contributed by atoms with Crippen molar-refractivity contribution in [1.82, 2.24) is 0 Å². The molecule has 2 aromatic rings. The number of hydrogen-bond donors (Lipinski definition) is 1. The molecule has 2 amide bonds. The van der Waals surface area contributed by atoms with Crippen molar-refractivity contribution in [1.29, 1.82) is 0 Å². The number of carbonyl (C=O) groups is 2. The number of halogens is 1. The Balaban J connectivity index is 2.20. The van der Waals surface area contributed by atoms with Gasteiger partial charge in [0.25, 0.3) is 11.8 Å². The molecule has 0 aromatic heterocycles. The molecule has 0 spiro atoms. The van der Waals surface area contributed by atoms with Gasteiger partial charge in [-0.15, -0.1) is 0 Å². The predicted octanol–water partition coefficient (Wildman–Crippen LogP) is 3.50. The topological polar surface area (TPSA) is 60.9 Å². The molecule has 2 aromatic carbocycles. The second kappa shape index (κ2) is 7.18. The monoisotopic (exact) mass is 384 g/mol. The average Bonchev–Trinajstić information content (AvgIpc) is 2.68. The van der Waals surface area contributed by atoms with E-state index in [1.807, 2.05) is 6.07 Å². The third-order valence-corrected chi connectivity index (χ3v) is 5.17. The largest absolute Gasteiger partial charge is 0.368 e. The van der Waals surface area contributed by atoms with Crippen LogP contribution in [0.1, 0.15) is 19.4 Å². The van der Waals surface area contributed by atoms with Gasteiger partial charge < -0.3 is 14.9 Å². The highest BCUT2D eigenvalue weighted by Gasteiger charge is 2.55. The van der Waals surface area contributed by atoms with Crippen molar-refractivity contribution >= 4 is 40.4 Å². The third-order valence-electron chi connectivity index (χ3n) is 4.85. The van der Waals surface area contributed by atoms with Crippen LogP contribution in [-0.4, -0.2) is 36.1 Å². The molecule has 6 heteroatoms. The van der Waals surface area contributed by atoms with Gasteiger partial charge in [0.1, 0.15) is 0 Å². The summed E-state index contributed by atoms with van der Waals surface area (Å²) in [6, 6.07) is 14.1. The van der Waals surface area contributed by atoms with Crippen molar-refractivity contribution in [3.8, 4) is 0 Å². The molecule has 1 unspecified atom stereocenters. The van der Waals surface area contributed by atoms with Crippen molar-refractivity contribution in [2.75, 3.05) is 23.4 Å². The van der Waals surface area contributed by atoms with Crippen molar-refractivity contribution in [2.24, 2.45) is 0 Å². The van der Waals surface area contributed by atoms with Gasteiger partial charge in [-0.25, -0.2) is 0 Å². The van der Waals surface area contributed by atoms with Crippen LogP contribution >= 0.6 is 11.6 Å². The highest BCUT2D eigenvalue weighted by Crippen LogP contribution is 2.45. The van der Waals surface area contributed by atoms with Crippen LogP contribution in [0.15, 0.2) is 54.6 Å². The van der Waals surface area contributed by atoms with Crippen molar-refractivity contribution in [3.05, 3.63) is 65.2 Å². The zero-order valence-electron chi connectivity index (χ0n) is 15.4. The number of allylic oxidation sites excluding steroid dienone is 1. The Morgan fingerprint density at radius 3 is 2.48 bits per heavy atom. The molecular weight excluding hydrogens is 364 g/mol. The van der Waals surface area contributed by atoms with Crippen LogP contribution in [0, 0.1) is 0 Å². The summed E-state index contributed by atoms with van der Waals surface area (Å²) in [4.78, 5) is 29.3. The molecular formula is C21H21ClN2O3. The molecule has 5 nitrogen and oxygen atoms in total. The highest BCUT2D eigenvalue weighted by molar-refractivity contribution is 6.37. The second-order valence-corrected chi connectivity index (χ2v) is 6.70. The molecule has 0 radical (unpaired) electrons. The lowest BCUT2D eigenvalue weighted by Crippen LogP contribution is -2.61. The van der Waals surface area contributed by atoms with E-state index in [1.165, 1.54) is 16.8 Å². The van der Waals surface area contributed by atoms with E-state index in [4.69, 9.17) is 11.6 Å². The minimum absolute atomic E-state index is 0.200.